The fraction of sp³-hybridized carbons (Fsp3) is 0.364. The second-order valence-corrected chi connectivity index (χ2v) is 3.99. The minimum atomic E-state index is -0.695. The van der Waals surface area contributed by atoms with E-state index < -0.39 is 17.5 Å². The Balaban J connectivity index is 2.98. The highest BCUT2D eigenvalue weighted by Gasteiger charge is 2.18. The number of nitrogens with zero attached hydrogens (tertiary/aromatic N) is 1. The number of rotatable bonds is 4. The van der Waals surface area contributed by atoms with Crippen LogP contribution < -0.4 is 0 Å². The summed E-state index contributed by atoms with van der Waals surface area (Å²) >= 11 is 3.20. The van der Waals surface area contributed by atoms with Crippen molar-refractivity contribution in [3.8, 4) is 0 Å². The predicted molar refractivity (Wildman–Crippen MR) is 61.7 cm³/mol. The van der Waals surface area contributed by atoms with E-state index >= 15 is 0 Å². The Labute approximate surface area is 101 Å². The number of halogens is 3. The lowest BCUT2D eigenvalue weighted by molar-refractivity contribution is 0.0769. The molecule has 0 aliphatic rings. The molecule has 0 fully saturated rings. The molecule has 0 atom stereocenters. The third-order valence-electron chi connectivity index (χ3n) is 2.18. The van der Waals surface area contributed by atoms with Gasteiger partial charge in [-0.25, -0.2) is 8.78 Å². The summed E-state index contributed by atoms with van der Waals surface area (Å²) in [6, 6.07) is 2.88. The molecule has 0 unspecified atom stereocenters. The maximum absolute atomic E-state index is 13.3. The topological polar surface area (TPSA) is 20.3 Å². The molecular weight excluding hydrogens is 280 g/mol. The highest BCUT2D eigenvalue weighted by molar-refractivity contribution is 9.09. The standard InChI is InChI=1S/C11H12BrF2NO/c1-2-15(6-5-12)11(16)9-7-8(13)3-4-10(9)14/h3-4,7H,2,5-6H2,1H3. The van der Waals surface area contributed by atoms with Crippen molar-refractivity contribution in [1.82, 2.24) is 4.90 Å². The average Bonchev–Trinajstić information content (AvgIpc) is 2.28. The molecule has 5 heteroatoms. The van der Waals surface area contributed by atoms with Crippen molar-refractivity contribution in [2.24, 2.45) is 0 Å². The smallest absolute Gasteiger partial charge is 0.256 e. The van der Waals surface area contributed by atoms with E-state index in [1.54, 1.807) is 6.92 Å². The van der Waals surface area contributed by atoms with Gasteiger partial charge in [0.15, 0.2) is 0 Å². The molecule has 0 saturated carbocycles. The molecule has 0 heterocycles. The number of alkyl halides is 1. The van der Waals surface area contributed by atoms with Crippen LogP contribution in [0.4, 0.5) is 8.78 Å². The van der Waals surface area contributed by atoms with Crippen LogP contribution in [0.2, 0.25) is 0 Å². The lowest BCUT2D eigenvalue weighted by Crippen LogP contribution is -2.33. The first-order valence-corrected chi connectivity index (χ1v) is 6.02. The summed E-state index contributed by atoms with van der Waals surface area (Å²) in [5, 5.41) is 0.601. The van der Waals surface area contributed by atoms with Gasteiger partial charge in [-0.1, -0.05) is 15.9 Å². The third kappa shape index (κ3) is 3.01. The molecule has 1 rings (SSSR count). The molecule has 0 radical (unpaired) electrons. The van der Waals surface area contributed by atoms with Gasteiger partial charge < -0.3 is 4.90 Å². The van der Waals surface area contributed by atoms with Crippen LogP contribution in [0.25, 0.3) is 0 Å². The molecule has 0 aliphatic heterocycles. The SMILES string of the molecule is CCN(CCBr)C(=O)c1cc(F)ccc1F. The second-order valence-electron chi connectivity index (χ2n) is 3.20. The summed E-state index contributed by atoms with van der Waals surface area (Å²) in [5.41, 5.74) is -0.220. The number of carbonyl (C=O) groups is 1. The zero-order valence-corrected chi connectivity index (χ0v) is 10.4. The number of benzene rings is 1. The Morgan fingerprint density at radius 1 is 1.44 bits per heavy atom. The van der Waals surface area contributed by atoms with Gasteiger partial charge in [-0.05, 0) is 25.1 Å². The fourth-order valence-corrected chi connectivity index (χ4v) is 1.77. The van der Waals surface area contributed by atoms with Gasteiger partial charge in [0.2, 0.25) is 0 Å². The minimum absolute atomic E-state index is 0.220. The van der Waals surface area contributed by atoms with Gasteiger partial charge in [0.25, 0.3) is 5.91 Å². The molecular formula is C11H12BrF2NO. The van der Waals surface area contributed by atoms with Crippen molar-refractivity contribution in [3.05, 3.63) is 35.4 Å². The molecule has 0 bridgehead atoms. The maximum Gasteiger partial charge on any atom is 0.256 e. The van der Waals surface area contributed by atoms with E-state index in [1.165, 1.54) is 4.90 Å². The number of carbonyl (C=O) groups excluding carboxylic acids is 1. The van der Waals surface area contributed by atoms with Gasteiger partial charge in [0.05, 0.1) is 5.56 Å². The van der Waals surface area contributed by atoms with Crippen LogP contribution in [0.15, 0.2) is 18.2 Å². The summed E-state index contributed by atoms with van der Waals surface area (Å²) in [4.78, 5) is 13.3. The maximum atomic E-state index is 13.3. The highest BCUT2D eigenvalue weighted by atomic mass is 79.9. The van der Waals surface area contributed by atoms with E-state index in [2.05, 4.69) is 15.9 Å². The Kier molecular flexibility index (Phi) is 4.86. The molecule has 1 amide bonds. The fourth-order valence-electron chi connectivity index (χ4n) is 1.34. The van der Waals surface area contributed by atoms with Crippen molar-refractivity contribution in [3.63, 3.8) is 0 Å². The van der Waals surface area contributed by atoms with Crippen molar-refractivity contribution < 1.29 is 13.6 Å². The van der Waals surface area contributed by atoms with E-state index in [9.17, 15) is 13.6 Å². The Morgan fingerprint density at radius 3 is 2.69 bits per heavy atom. The first kappa shape index (κ1) is 13.1. The first-order valence-electron chi connectivity index (χ1n) is 4.90. The zero-order chi connectivity index (χ0) is 12.1. The molecule has 0 saturated heterocycles. The number of hydrogen-bond donors (Lipinski definition) is 0. The Bertz CT molecular complexity index is 384. The molecule has 0 aromatic heterocycles. The summed E-state index contributed by atoms with van der Waals surface area (Å²) in [6.07, 6.45) is 0. The molecule has 2 nitrogen and oxygen atoms in total. The largest absolute Gasteiger partial charge is 0.338 e. The Hall–Kier alpha value is -0.970. The third-order valence-corrected chi connectivity index (χ3v) is 2.54. The lowest BCUT2D eigenvalue weighted by atomic mass is 10.2. The predicted octanol–water partition coefficient (Wildman–Crippen LogP) is 2.82. The van der Waals surface area contributed by atoms with Crippen molar-refractivity contribution in [1.29, 1.82) is 0 Å². The molecule has 88 valence electrons. The van der Waals surface area contributed by atoms with Crippen LogP contribution >= 0.6 is 15.9 Å². The van der Waals surface area contributed by atoms with E-state index in [-0.39, 0.29) is 5.56 Å². The minimum Gasteiger partial charge on any atom is -0.338 e. The number of hydrogen-bond acceptors (Lipinski definition) is 1. The van der Waals surface area contributed by atoms with Gasteiger partial charge in [0, 0.05) is 18.4 Å². The van der Waals surface area contributed by atoms with Crippen LogP contribution in [0.3, 0.4) is 0 Å². The van der Waals surface area contributed by atoms with Crippen molar-refractivity contribution in [2.75, 3.05) is 18.4 Å². The molecule has 1 aromatic rings. The van der Waals surface area contributed by atoms with E-state index in [4.69, 9.17) is 0 Å². The van der Waals surface area contributed by atoms with Crippen molar-refractivity contribution >= 4 is 21.8 Å². The lowest BCUT2D eigenvalue weighted by Gasteiger charge is -2.19. The monoisotopic (exact) mass is 291 g/mol. The first-order chi connectivity index (χ1) is 7.60. The van der Waals surface area contributed by atoms with Gasteiger partial charge in [-0.3, -0.25) is 4.79 Å². The quantitative estimate of drug-likeness (QED) is 0.781. The van der Waals surface area contributed by atoms with Gasteiger partial charge >= 0.3 is 0 Å². The molecule has 0 spiro atoms. The average molecular weight is 292 g/mol. The number of amides is 1. The van der Waals surface area contributed by atoms with Crippen molar-refractivity contribution in [2.45, 2.75) is 6.92 Å². The van der Waals surface area contributed by atoms with E-state index in [0.717, 1.165) is 18.2 Å². The van der Waals surface area contributed by atoms with Crippen LogP contribution in [-0.2, 0) is 0 Å². The van der Waals surface area contributed by atoms with Crippen LogP contribution in [0.1, 0.15) is 17.3 Å². The van der Waals surface area contributed by atoms with Crippen LogP contribution in [0.5, 0.6) is 0 Å². The van der Waals surface area contributed by atoms with Gasteiger partial charge in [-0.2, -0.15) is 0 Å². The second kappa shape index (κ2) is 5.94. The van der Waals surface area contributed by atoms with E-state index in [1.807, 2.05) is 0 Å². The highest BCUT2D eigenvalue weighted by Crippen LogP contribution is 2.12. The molecule has 16 heavy (non-hydrogen) atoms. The van der Waals surface area contributed by atoms with Gasteiger partial charge in [-0.15, -0.1) is 0 Å². The molecule has 1 aromatic carbocycles. The summed E-state index contributed by atoms with van der Waals surface area (Å²) in [6.45, 7) is 2.71. The van der Waals surface area contributed by atoms with Crippen LogP contribution in [-0.4, -0.2) is 29.2 Å². The van der Waals surface area contributed by atoms with E-state index in [0.29, 0.717) is 18.4 Å². The zero-order valence-electron chi connectivity index (χ0n) is 8.84. The Morgan fingerprint density at radius 2 is 2.12 bits per heavy atom. The molecule has 0 N–H and O–H groups in total. The summed E-state index contributed by atoms with van der Waals surface area (Å²) < 4.78 is 26.2. The molecule has 0 aliphatic carbocycles. The normalized spacial score (nSPS) is 10.2. The van der Waals surface area contributed by atoms with Crippen LogP contribution in [0, 0.1) is 11.6 Å². The summed E-state index contributed by atoms with van der Waals surface area (Å²) in [5.74, 6) is -1.79. The van der Waals surface area contributed by atoms with Gasteiger partial charge in [0.1, 0.15) is 11.6 Å². The summed E-state index contributed by atoms with van der Waals surface area (Å²) in [7, 11) is 0.